The zero-order valence-electron chi connectivity index (χ0n) is 12.5. The van der Waals surface area contributed by atoms with Gasteiger partial charge in [0.15, 0.2) is 0 Å². The Hall–Kier alpha value is -2.52. The average Bonchev–Trinajstić information content (AvgIpc) is 3.22. The Morgan fingerprint density at radius 2 is 1.88 bits per heavy atom. The molecule has 0 aliphatic carbocycles. The quantitative estimate of drug-likeness (QED) is 0.583. The van der Waals surface area contributed by atoms with E-state index >= 15 is 0 Å². The first-order valence-electron chi connectivity index (χ1n) is 6.86. The summed E-state index contributed by atoms with van der Waals surface area (Å²) in [5.41, 5.74) is 8.65. The van der Waals surface area contributed by atoms with E-state index in [0.717, 1.165) is 10.0 Å². The predicted octanol–water partition coefficient (Wildman–Crippen LogP) is 2.68. The van der Waals surface area contributed by atoms with E-state index in [1.165, 1.54) is 11.3 Å². The van der Waals surface area contributed by atoms with Gasteiger partial charge in [-0.2, -0.15) is 5.10 Å². The van der Waals surface area contributed by atoms with Crippen LogP contribution >= 0.6 is 27.3 Å². The highest BCUT2D eigenvalue weighted by Gasteiger charge is 2.15. The lowest BCUT2D eigenvalue weighted by atomic mass is 10.1. The number of aromatic nitrogens is 3. The van der Waals surface area contributed by atoms with Crippen LogP contribution in [0.1, 0.15) is 25.9 Å². The molecule has 0 saturated carbocycles. The molecule has 2 heterocycles. The third-order valence-electron chi connectivity index (χ3n) is 3.20. The third-order valence-corrected chi connectivity index (χ3v) is 4.66. The summed E-state index contributed by atoms with van der Waals surface area (Å²) >= 11 is 4.57. The number of aryl methyl sites for hydroxylation is 1. The fraction of sp³-hybridized carbons (Fsp3) is 0.0667. The fourth-order valence-electron chi connectivity index (χ4n) is 1.96. The Morgan fingerprint density at radius 3 is 2.54 bits per heavy atom. The monoisotopic (exact) mass is 405 g/mol. The zero-order chi connectivity index (χ0) is 17.1. The van der Waals surface area contributed by atoms with Crippen LogP contribution in [0.5, 0.6) is 0 Å². The minimum absolute atomic E-state index is 0.245. The Morgan fingerprint density at radius 1 is 1.17 bits per heavy atom. The second kappa shape index (κ2) is 6.93. The molecule has 0 radical (unpaired) electrons. The van der Waals surface area contributed by atoms with Gasteiger partial charge < -0.3 is 0 Å². The molecule has 0 bridgehead atoms. The van der Waals surface area contributed by atoms with Gasteiger partial charge in [0.25, 0.3) is 11.8 Å². The number of H-pyrrole nitrogens is 1. The molecule has 0 saturated heterocycles. The zero-order valence-corrected chi connectivity index (χ0v) is 14.9. The summed E-state index contributed by atoms with van der Waals surface area (Å²) in [5, 5.41) is 6.76. The molecule has 0 unspecified atom stereocenters. The lowest BCUT2D eigenvalue weighted by molar-refractivity contribution is 0.0845. The van der Waals surface area contributed by atoms with Crippen molar-refractivity contribution in [1.29, 1.82) is 0 Å². The molecule has 0 atom stereocenters. The molecule has 3 N–H and O–H groups in total. The summed E-state index contributed by atoms with van der Waals surface area (Å²) in [6, 6.07) is 9.16. The second-order valence-corrected chi connectivity index (χ2v) is 6.62. The number of hydrogen-bond acceptors (Lipinski definition) is 5. The topological polar surface area (TPSA) is 99.8 Å². The van der Waals surface area contributed by atoms with Crippen LogP contribution in [-0.4, -0.2) is 27.0 Å². The molecule has 0 spiro atoms. The van der Waals surface area contributed by atoms with Crippen molar-refractivity contribution in [2.75, 3.05) is 0 Å². The Balaban J connectivity index is 1.65. The summed E-state index contributed by atoms with van der Waals surface area (Å²) < 4.78 is 0.959. The van der Waals surface area contributed by atoms with Gasteiger partial charge in [-0.1, -0.05) is 28.1 Å². The number of benzene rings is 1. The summed E-state index contributed by atoms with van der Waals surface area (Å²) in [4.78, 5) is 28.5. The predicted molar refractivity (Wildman–Crippen MR) is 93.5 cm³/mol. The Bertz CT molecular complexity index is 887. The smallest absolute Gasteiger partial charge is 0.272 e. The molecule has 1 aromatic carbocycles. The third kappa shape index (κ3) is 3.52. The minimum Gasteiger partial charge on any atom is -0.272 e. The van der Waals surface area contributed by atoms with Crippen molar-refractivity contribution in [2.24, 2.45) is 0 Å². The molecule has 7 nitrogen and oxygen atoms in total. The molecular weight excluding hydrogens is 394 g/mol. The van der Waals surface area contributed by atoms with Crippen LogP contribution in [0.15, 0.2) is 40.3 Å². The van der Waals surface area contributed by atoms with E-state index in [1.807, 2.05) is 24.3 Å². The number of aromatic amines is 1. The van der Waals surface area contributed by atoms with Gasteiger partial charge in [0.2, 0.25) is 0 Å². The van der Waals surface area contributed by atoms with Crippen molar-refractivity contribution in [3.63, 3.8) is 0 Å². The first-order chi connectivity index (χ1) is 11.5. The molecule has 3 rings (SSSR count). The van der Waals surface area contributed by atoms with Crippen LogP contribution in [0, 0.1) is 6.92 Å². The number of hydrogen-bond donors (Lipinski definition) is 3. The molecule has 0 fully saturated rings. The standard InChI is InChI=1S/C15H12BrN5O2S/c1-8-13(24-7-17-8)15(23)21-20-14(22)12-6-11(18-19-12)9-2-4-10(16)5-3-9/h2-7H,1H3,(H,18,19)(H,20,22)(H,21,23). The Labute approximate surface area is 149 Å². The normalized spacial score (nSPS) is 10.4. The molecule has 0 aliphatic rings. The maximum absolute atomic E-state index is 12.1. The van der Waals surface area contributed by atoms with Gasteiger partial charge in [-0.15, -0.1) is 11.3 Å². The van der Waals surface area contributed by atoms with E-state index in [0.29, 0.717) is 16.3 Å². The SMILES string of the molecule is Cc1ncsc1C(=O)NNC(=O)c1cc(-c2ccc(Br)cc2)n[nH]1. The van der Waals surface area contributed by atoms with E-state index in [4.69, 9.17) is 0 Å². The second-order valence-electron chi connectivity index (χ2n) is 4.85. The van der Waals surface area contributed by atoms with E-state index in [-0.39, 0.29) is 5.69 Å². The largest absolute Gasteiger partial charge is 0.287 e. The lowest BCUT2D eigenvalue weighted by Gasteiger charge is -2.04. The summed E-state index contributed by atoms with van der Waals surface area (Å²) in [5.74, 6) is -0.891. The number of halogens is 1. The first kappa shape index (κ1) is 16.3. The maximum Gasteiger partial charge on any atom is 0.287 e. The maximum atomic E-state index is 12.1. The van der Waals surface area contributed by atoms with Crippen LogP contribution in [-0.2, 0) is 0 Å². The summed E-state index contributed by atoms with van der Waals surface area (Å²) in [7, 11) is 0. The molecule has 2 aromatic heterocycles. The molecular formula is C15H12BrN5O2S. The van der Waals surface area contributed by atoms with Gasteiger partial charge in [-0.3, -0.25) is 25.5 Å². The van der Waals surface area contributed by atoms with Crippen LogP contribution in [0.2, 0.25) is 0 Å². The lowest BCUT2D eigenvalue weighted by Crippen LogP contribution is -2.41. The molecule has 9 heteroatoms. The molecule has 0 aliphatic heterocycles. The number of nitrogens with one attached hydrogen (secondary N) is 3. The number of rotatable bonds is 3. The Kier molecular flexibility index (Phi) is 4.72. The van der Waals surface area contributed by atoms with Gasteiger partial charge in [0.05, 0.1) is 16.9 Å². The number of thiazole rings is 1. The fourth-order valence-corrected chi connectivity index (χ4v) is 2.93. The summed E-state index contributed by atoms with van der Waals surface area (Å²) in [6.45, 7) is 1.73. The highest BCUT2D eigenvalue weighted by molar-refractivity contribution is 9.10. The average molecular weight is 406 g/mol. The van der Waals surface area contributed by atoms with Crippen LogP contribution < -0.4 is 10.9 Å². The van der Waals surface area contributed by atoms with Crippen molar-refractivity contribution in [3.05, 3.63) is 56.6 Å². The first-order valence-corrected chi connectivity index (χ1v) is 8.54. The molecule has 2 amide bonds. The van der Waals surface area contributed by atoms with Crippen molar-refractivity contribution in [3.8, 4) is 11.3 Å². The van der Waals surface area contributed by atoms with E-state index in [9.17, 15) is 9.59 Å². The van der Waals surface area contributed by atoms with Gasteiger partial charge >= 0.3 is 0 Å². The van der Waals surface area contributed by atoms with Crippen LogP contribution in [0.25, 0.3) is 11.3 Å². The van der Waals surface area contributed by atoms with Gasteiger partial charge in [0.1, 0.15) is 10.6 Å². The number of hydrazine groups is 1. The molecule has 24 heavy (non-hydrogen) atoms. The minimum atomic E-state index is -0.485. The number of carbonyl (C=O) groups is 2. The van der Waals surface area contributed by atoms with Gasteiger partial charge in [0, 0.05) is 10.0 Å². The number of amides is 2. The number of nitrogens with zero attached hydrogens (tertiary/aromatic N) is 2. The van der Waals surface area contributed by atoms with Gasteiger partial charge in [-0.05, 0) is 25.1 Å². The highest BCUT2D eigenvalue weighted by atomic mass is 79.9. The van der Waals surface area contributed by atoms with Crippen LogP contribution in [0.3, 0.4) is 0 Å². The number of carbonyl (C=O) groups excluding carboxylic acids is 2. The van der Waals surface area contributed by atoms with E-state index in [1.54, 1.807) is 18.5 Å². The van der Waals surface area contributed by atoms with Gasteiger partial charge in [-0.25, -0.2) is 4.98 Å². The van der Waals surface area contributed by atoms with E-state index < -0.39 is 11.8 Å². The van der Waals surface area contributed by atoms with Crippen molar-refractivity contribution < 1.29 is 9.59 Å². The summed E-state index contributed by atoms with van der Waals surface area (Å²) in [6.07, 6.45) is 0. The molecule has 122 valence electrons. The van der Waals surface area contributed by atoms with Crippen molar-refractivity contribution >= 4 is 39.1 Å². The highest BCUT2D eigenvalue weighted by Crippen LogP contribution is 2.20. The molecule has 3 aromatic rings. The van der Waals surface area contributed by atoms with E-state index in [2.05, 4.69) is 42.0 Å². The van der Waals surface area contributed by atoms with Crippen molar-refractivity contribution in [1.82, 2.24) is 26.0 Å². The van der Waals surface area contributed by atoms with Crippen LogP contribution in [0.4, 0.5) is 0 Å². The van der Waals surface area contributed by atoms with Crippen molar-refractivity contribution in [2.45, 2.75) is 6.92 Å².